The lowest BCUT2D eigenvalue weighted by Gasteiger charge is -2.29. The number of rotatable bonds is 6. The van der Waals surface area contributed by atoms with Gasteiger partial charge in [-0.1, -0.05) is 23.7 Å². The van der Waals surface area contributed by atoms with Crippen LogP contribution in [0.4, 0.5) is 5.69 Å². The fraction of sp³-hybridized carbons (Fsp3) is 0.381. The van der Waals surface area contributed by atoms with Crippen molar-refractivity contribution in [1.82, 2.24) is 5.32 Å². The molecule has 0 aliphatic rings. The topological polar surface area (TPSA) is 66.5 Å². The number of anilines is 1. The Labute approximate surface area is 172 Å². The van der Waals surface area contributed by atoms with Gasteiger partial charge in [0.1, 0.15) is 6.04 Å². The van der Waals surface area contributed by atoms with Gasteiger partial charge in [-0.15, -0.1) is 0 Å². The van der Waals surface area contributed by atoms with Crippen LogP contribution in [-0.4, -0.2) is 26.6 Å². The van der Waals surface area contributed by atoms with Gasteiger partial charge in [-0.25, -0.2) is 8.42 Å². The van der Waals surface area contributed by atoms with Gasteiger partial charge < -0.3 is 5.32 Å². The smallest absolute Gasteiger partial charge is 0.244 e. The molecular formula is C21H27ClN2O3S. The van der Waals surface area contributed by atoms with Crippen molar-refractivity contribution >= 4 is 33.2 Å². The zero-order chi connectivity index (χ0) is 21.2. The zero-order valence-corrected chi connectivity index (χ0v) is 18.6. The van der Waals surface area contributed by atoms with Gasteiger partial charge in [-0.2, -0.15) is 0 Å². The van der Waals surface area contributed by atoms with Gasteiger partial charge in [0, 0.05) is 5.02 Å². The van der Waals surface area contributed by atoms with E-state index in [-0.39, 0.29) is 11.9 Å². The number of benzene rings is 2. The summed E-state index contributed by atoms with van der Waals surface area (Å²) in [6, 6.07) is 9.36. The van der Waals surface area contributed by atoms with Crippen molar-refractivity contribution in [3.63, 3.8) is 0 Å². The first kappa shape index (κ1) is 22.2. The maximum Gasteiger partial charge on any atom is 0.244 e. The van der Waals surface area contributed by atoms with Crippen molar-refractivity contribution < 1.29 is 13.2 Å². The highest BCUT2D eigenvalue weighted by molar-refractivity contribution is 7.92. The van der Waals surface area contributed by atoms with Crippen molar-refractivity contribution in [2.45, 2.75) is 46.7 Å². The Hall–Kier alpha value is -2.05. The molecule has 0 aromatic heterocycles. The third-order valence-electron chi connectivity index (χ3n) is 4.88. The minimum Gasteiger partial charge on any atom is -0.348 e. The highest BCUT2D eigenvalue weighted by Crippen LogP contribution is 2.25. The molecule has 0 saturated carbocycles. The molecule has 1 amide bonds. The largest absolute Gasteiger partial charge is 0.348 e. The van der Waals surface area contributed by atoms with Crippen molar-refractivity contribution in [3.8, 4) is 0 Å². The summed E-state index contributed by atoms with van der Waals surface area (Å²) in [5.41, 5.74) is 4.83. The van der Waals surface area contributed by atoms with Gasteiger partial charge in [0.15, 0.2) is 0 Å². The van der Waals surface area contributed by atoms with Gasteiger partial charge >= 0.3 is 0 Å². The number of carbonyl (C=O) groups excluding carboxylic acids is 1. The summed E-state index contributed by atoms with van der Waals surface area (Å²) in [5, 5.41) is 3.44. The Kier molecular flexibility index (Phi) is 6.78. The maximum absolute atomic E-state index is 12.9. The number of aryl methyl sites for hydroxylation is 3. The number of hydrogen-bond acceptors (Lipinski definition) is 3. The molecule has 1 N–H and O–H groups in total. The average Bonchev–Trinajstić information content (AvgIpc) is 2.58. The summed E-state index contributed by atoms with van der Waals surface area (Å²) >= 11 is 5.90. The molecule has 0 aliphatic carbocycles. The highest BCUT2D eigenvalue weighted by atomic mass is 35.5. The number of amides is 1. The van der Waals surface area contributed by atoms with Gasteiger partial charge in [0.25, 0.3) is 0 Å². The van der Waals surface area contributed by atoms with E-state index in [1.165, 1.54) is 5.56 Å². The van der Waals surface area contributed by atoms with E-state index in [2.05, 4.69) is 17.4 Å². The third kappa shape index (κ3) is 5.06. The second-order valence-corrected chi connectivity index (χ2v) is 9.53. The maximum atomic E-state index is 12.9. The molecule has 0 fully saturated rings. The van der Waals surface area contributed by atoms with E-state index in [0.29, 0.717) is 10.7 Å². The monoisotopic (exact) mass is 422 g/mol. The molecule has 152 valence electrons. The Morgan fingerprint density at radius 2 is 1.54 bits per heavy atom. The van der Waals surface area contributed by atoms with E-state index in [4.69, 9.17) is 11.6 Å². The number of hydrogen-bond donors (Lipinski definition) is 1. The van der Waals surface area contributed by atoms with Gasteiger partial charge in [-0.05, 0) is 81.1 Å². The first-order valence-electron chi connectivity index (χ1n) is 9.05. The molecule has 0 heterocycles. The van der Waals surface area contributed by atoms with E-state index in [9.17, 15) is 13.2 Å². The van der Waals surface area contributed by atoms with Gasteiger partial charge in [-0.3, -0.25) is 9.10 Å². The average molecular weight is 423 g/mol. The Bertz CT molecular complexity index is 972. The summed E-state index contributed by atoms with van der Waals surface area (Å²) in [7, 11) is -3.67. The second-order valence-electron chi connectivity index (χ2n) is 7.23. The Morgan fingerprint density at radius 3 is 2.07 bits per heavy atom. The number of carbonyl (C=O) groups is 1. The van der Waals surface area contributed by atoms with Crippen molar-refractivity contribution in [3.05, 3.63) is 63.7 Å². The number of nitrogens with zero attached hydrogens (tertiary/aromatic N) is 1. The predicted octanol–water partition coefficient (Wildman–Crippen LogP) is 4.30. The summed E-state index contributed by atoms with van der Waals surface area (Å²) in [4.78, 5) is 12.9. The molecule has 2 aromatic carbocycles. The number of sulfonamides is 1. The molecule has 0 aliphatic heterocycles. The van der Waals surface area contributed by atoms with Crippen LogP contribution in [0.5, 0.6) is 0 Å². The van der Waals surface area contributed by atoms with E-state index < -0.39 is 16.1 Å². The van der Waals surface area contributed by atoms with Crippen LogP contribution in [0.3, 0.4) is 0 Å². The van der Waals surface area contributed by atoms with E-state index >= 15 is 0 Å². The summed E-state index contributed by atoms with van der Waals surface area (Å²) < 4.78 is 25.8. The second kappa shape index (κ2) is 8.53. The van der Waals surface area contributed by atoms with Crippen LogP contribution < -0.4 is 9.62 Å². The SMILES string of the molecule is Cc1cc(C)c(C(C)NC(=O)C(C)N(c2ccc(Cl)cc2)S(C)(=O)=O)cc1C. The Morgan fingerprint density at radius 1 is 1.00 bits per heavy atom. The summed E-state index contributed by atoms with van der Waals surface area (Å²) in [6.07, 6.45) is 1.09. The molecule has 0 bridgehead atoms. The lowest BCUT2D eigenvalue weighted by atomic mass is 9.96. The van der Waals surface area contributed by atoms with Crippen molar-refractivity contribution in [2.24, 2.45) is 0 Å². The molecule has 0 spiro atoms. The predicted molar refractivity (Wildman–Crippen MR) is 115 cm³/mol. The standard InChI is InChI=1S/C21H27ClN2O3S/c1-13-11-15(3)20(12-14(13)2)16(4)23-21(25)17(5)24(28(6,26)27)19-9-7-18(22)8-10-19/h7-12,16-17H,1-6H3,(H,23,25). The van der Waals surface area contributed by atoms with Crippen LogP contribution in [0.2, 0.25) is 5.02 Å². The van der Waals surface area contributed by atoms with Crippen LogP contribution in [0, 0.1) is 20.8 Å². The van der Waals surface area contributed by atoms with Crippen molar-refractivity contribution in [2.75, 3.05) is 10.6 Å². The first-order valence-corrected chi connectivity index (χ1v) is 11.3. The summed E-state index contributed by atoms with van der Waals surface area (Å²) in [5.74, 6) is -0.370. The first-order chi connectivity index (χ1) is 12.9. The normalized spacial score (nSPS) is 13.7. The van der Waals surface area contributed by atoms with Crippen LogP contribution in [0.25, 0.3) is 0 Å². The molecule has 0 radical (unpaired) electrons. The third-order valence-corrected chi connectivity index (χ3v) is 6.37. The molecule has 7 heteroatoms. The molecular weight excluding hydrogens is 396 g/mol. The molecule has 28 heavy (non-hydrogen) atoms. The van der Waals surface area contributed by atoms with E-state index in [1.807, 2.05) is 27.7 Å². The van der Waals surface area contributed by atoms with Crippen LogP contribution >= 0.6 is 11.6 Å². The molecule has 5 nitrogen and oxygen atoms in total. The molecule has 2 rings (SSSR count). The van der Waals surface area contributed by atoms with Crippen LogP contribution in [0.15, 0.2) is 36.4 Å². The minimum absolute atomic E-state index is 0.249. The van der Waals surface area contributed by atoms with Crippen molar-refractivity contribution in [1.29, 1.82) is 0 Å². The van der Waals surface area contributed by atoms with Gasteiger partial charge in [0.2, 0.25) is 15.9 Å². The molecule has 2 atom stereocenters. The lowest BCUT2D eigenvalue weighted by Crippen LogP contribution is -2.48. The number of halogens is 1. The van der Waals surface area contributed by atoms with Gasteiger partial charge in [0.05, 0.1) is 18.0 Å². The summed E-state index contributed by atoms with van der Waals surface area (Å²) in [6.45, 7) is 9.55. The molecule has 2 aromatic rings. The van der Waals surface area contributed by atoms with E-state index in [1.54, 1.807) is 31.2 Å². The molecule has 0 saturated heterocycles. The fourth-order valence-electron chi connectivity index (χ4n) is 3.26. The Balaban J connectivity index is 2.28. The van der Waals surface area contributed by atoms with E-state index in [0.717, 1.165) is 27.3 Å². The quantitative estimate of drug-likeness (QED) is 0.754. The highest BCUT2D eigenvalue weighted by Gasteiger charge is 2.30. The zero-order valence-electron chi connectivity index (χ0n) is 17.1. The van der Waals surface area contributed by atoms with Crippen LogP contribution in [-0.2, 0) is 14.8 Å². The van der Waals surface area contributed by atoms with Crippen LogP contribution in [0.1, 0.15) is 42.1 Å². The fourth-order valence-corrected chi connectivity index (χ4v) is 4.56. The number of nitrogens with one attached hydrogen (secondary N) is 1. The minimum atomic E-state index is -3.67. The molecule has 2 unspecified atom stereocenters. The lowest BCUT2D eigenvalue weighted by molar-refractivity contribution is -0.122.